The lowest BCUT2D eigenvalue weighted by Gasteiger charge is -2.35. The van der Waals surface area contributed by atoms with Crippen LogP contribution in [-0.2, 0) is 10.8 Å². The van der Waals surface area contributed by atoms with Crippen LogP contribution < -0.4 is 9.47 Å². The molecule has 28 heavy (non-hydrogen) atoms. The van der Waals surface area contributed by atoms with Gasteiger partial charge in [0.25, 0.3) is 0 Å². The Bertz CT molecular complexity index is 784. The molecule has 1 saturated carbocycles. The lowest BCUT2D eigenvalue weighted by molar-refractivity contribution is 0.369. The molecule has 1 fully saturated rings. The Hall–Kier alpha value is -1.48. The summed E-state index contributed by atoms with van der Waals surface area (Å²) in [5.74, 6) is 2.00. The topological polar surface area (TPSA) is 18.5 Å². The first-order chi connectivity index (χ1) is 13.0. The second-order valence-electron chi connectivity index (χ2n) is 10.7. The molecule has 2 aliphatic rings. The van der Waals surface area contributed by atoms with Crippen LogP contribution in [0.1, 0.15) is 57.6 Å². The second kappa shape index (κ2) is 7.40. The largest absolute Gasteiger partial charge is 0.497 e. The molecule has 0 spiro atoms. The van der Waals surface area contributed by atoms with Crippen LogP contribution in [0.25, 0.3) is 0 Å². The minimum Gasteiger partial charge on any atom is -0.497 e. The first-order valence-electron chi connectivity index (χ1n) is 10.7. The van der Waals surface area contributed by atoms with E-state index in [1.165, 1.54) is 42.4 Å². The van der Waals surface area contributed by atoms with Crippen LogP contribution >= 0.6 is 0 Å². The van der Waals surface area contributed by atoms with Crippen LogP contribution in [0.3, 0.4) is 0 Å². The molecule has 2 aliphatic carbocycles. The van der Waals surface area contributed by atoms with Gasteiger partial charge >= 0.3 is 0 Å². The van der Waals surface area contributed by atoms with Gasteiger partial charge in [-0.15, -0.1) is 0 Å². The van der Waals surface area contributed by atoms with E-state index >= 15 is 0 Å². The van der Waals surface area contributed by atoms with Crippen molar-refractivity contribution in [2.24, 2.45) is 0 Å². The zero-order valence-corrected chi connectivity index (χ0v) is 20.1. The molecule has 0 aromatic heterocycles. The van der Waals surface area contributed by atoms with E-state index in [1.54, 1.807) is 7.11 Å². The summed E-state index contributed by atoms with van der Waals surface area (Å²) in [7, 11) is 2.35. The third kappa shape index (κ3) is 3.70. The number of hydrogen-bond acceptors (Lipinski definition) is 2. The summed E-state index contributed by atoms with van der Waals surface area (Å²) in [5.41, 5.74) is 4.73. The summed E-state index contributed by atoms with van der Waals surface area (Å²) in [5, 5.41) is 0. The van der Waals surface area contributed by atoms with Crippen LogP contribution in [0.4, 0.5) is 0 Å². The van der Waals surface area contributed by atoms with E-state index in [4.69, 9.17) is 9.47 Å². The number of hydrogen-bond donors (Lipinski definition) is 0. The Kier molecular flexibility index (Phi) is 5.61. The van der Waals surface area contributed by atoms with Gasteiger partial charge < -0.3 is 9.47 Å². The molecule has 0 N–H and O–H groups in total. The molecule has 3 rings (SSSR count). The normalized spacial score (nSPS) is 21.7. The molecular formula is C25H38O2Si. The van der Waals surface area contributed by atoms with Gasteiger partial charge in [-0.3, -0.25) is 0 Å². The van der Waals surface area contributed by atoms with E-state index in [-0.39, 0.29) is 10.8 Å². The summed E-state index contributed by atoms with van der Waals surface area (Å²) >= 11 is 0. The molecule has 0 heterocycles. The fourth-order valence-corrected chi connectivity index (χ4v) is 6.27. The van der Waals surface area contributed by atoms with Gasteiger partial charge in [0.15, 0.2) is 0 Å². The Morgan fingerprint density at radius 1 is 1.00 bits per heavy atom. The van der Waals surface area contributed by atoms with E-state index < -0.39 is 8.07 Å². The number of rotatable bonds is 5. The van der Waals surface area contributed by atoms with E-state index in [0.29, 0.717) is 5.54 Å². The second-order valence-corrected chi connectivity index (χ2v) is 16.1. The lowest BCUT2D eigenvalue weighted by Crippen LogP contribution is -2.28. The van der Waals surface area contributed by atoms with Crippen molar-refractivity contribution >= 4 is 8.07 Å². The first-order valence-corrected chi connectivity index (χ1v) is 14.3. The molecule has 0 amide bonds. The molecule has 3 heteroatoms. The Morgan fingerprint density at radius 2 is 1.64 bits per heavy atom. The highest BCUT2D eigenvalue weighted by Crippen LogP contribution is 2.55. The first kappa shape index (κ1) is 21.2. The van der Waals surface area contributed by atoms with Crippen LogP contribution in [0, 0.1) is 0 Å². The summed E-state index contributed by atoms with van der Waals surface area (Å²) in [6.45, 7) is 14.2. The van der Waals surface area contributed by atoms with Crippen molar-refractivity contribution < 1.29 is 9.47 Å². The van der Waals surface area contributed by atoms with Crippen LogP contribution in [0.2, 0.25) is 25.2 Å². The van der Waals surface area contributed by atoms with Gasteiger partial charge in [0.1, 0.15) is 11.5 Å². The molecule has 0 aliphatic heterocycles. The zero-order chi connectivity index (χ0) is 20.7. The molecule has 2 nitrogen and oxygen atoms in total. The Morgan fingerprint density at radius 3 is 2.11 bits per heavy atom. The predicted octanol–water partition coefficient (Wildman–Crippen LogP) is 7.02. The minimum absolute atomic E-state index is 0.00478. The standard InChI is InChI=1S/C25H38O2Si/c1-24(2,3)21-16-19(26-4)17-22(23(21)27-5)25(13-9-10-14-25)18-11-12-20(15-18)28(6,7)8/h11-12,15-17,20H,9-10,13-14H2,1-8H3. The van der Waals surface area contributed by atoms with Crippen molar-refractivity contribution in [3.63, 3.8) is 0 Å². The highest BCUT2D eigenvalue weighted by Gasteiger charge is 2.43. The predicted molar refractivity (Wildman–Crippen MR) is 123 cm³/mol. The van der Waals surface area contributed by atoms with Crippen molar-refractivity contribution in [2.75, 3.05) is 14.2 Å². The SMILES string of the molecule is COc1cc(C(C)(C)C)c(OC)c(C2(C3=CC([Si](C)(C)C)C=C3)CCCC2)c1. The van der Waals surface area contributed by atoms with E-state index in [1.807, 2.05) is 7.11 Å². The molecule has 1 aromatic rings. The van der Waals surface area contributed by atoms with Crippen molar-refractivity contribution in [1.82, 2.24) is 0 Å². The van der Waals surface area contributed by atoms with Crippen molar-refractivity contribution in [3.8, 4) is 11.5 Å². The van der Waals surface area contributed by atoms with Gasteiger partial charge in [0.2, 0.25) is 0 Å². The van der Waals surface area contributed by atoms with Gasteiger partial charge in [-0.1, -0.05) is 71.5 Å². The molecule has 1 atom stereocenters. The molecule has 0 bridgehead atoms. The summed E-state index contributed by atoms with van der Waals surface area (Å²) in [4.78, 5) is 0. The maximum Gasteiger partial charge on any atom is 0.126 e. The summed E-state index contributed by atoms with van der Waals surface area (Å²) < 4.78 is 11.8. The minimum atomic E-state index is -1.25. The van der Waals surface area contributed by atoms with Crippen LogP contribution in [0.15, 0.2) is 35.9 Å². The average Bonchev–Trinajstić information content (AvgIpc) is 3.29. The molecule has 154 valence electrons. The van der Waals surface area contributed by atoms with E-state index in [2.05, 4.69) is 70.8 Å². The van der Waals surface area contributed by atoms with E-state index in [9.17, 15) is 0 Å². The molecule has 0 radical (unpaired) electrons. The van der Waals surface area contributed by atoms with Crippen LogP contribution in [-0.4, -0.2) is 22.3 Å². The average molecular weight is 399 g/mol. The van der Waals surface area contributed by atoms with Crippen molar-refractivity contribution in [2.45, 2.75) is 82.5 Å². The number of methoxy groups -OCH3 is 2. The maximum atomic E-state index is 6.10. The highest BCUT2D eigenvalue weighted by atomic mass is 28.3. The van der Waals surface area contributed by atoms with Gasteiger partial charge in [0, 0.05) is 16.5 Å². The van der Waals surface area contributed by atoms with Crippen molar-refractivity contribution in [1.29, 1.82) is 0 Å². The molecule has 1 aromatic carbocycles. The number of allylic oxidation sites excluding steroid dienone is 4. The van der Waals surface area contributed by atoms with Gasteiger partial charge in [0.05, 0.1) is 22.3 Å². The fraction of sp³-hybridized carbons (Fsp3) is 0.600. The molecular weight excluding hydrogens is 360 g/mol. The van der Waals surface area contributed by atoms with Gasteiger partial charge in [-0.05, 0) is 41.5 Å². The maximum absolute atomic E-state index is 6.10. The van der Waals surface area contributed by atoms with Gasteiger partial charge in [-0.2, -0.15) is 0 Å². The van der Waals surface area contributed by atoms with Crippen molar-refractivity contribution in [3.05, 3.63) is 47.1 Å². The quantitative estimate of drug-likeness (QED) is 0.496. The fourth-order valence-electron chi connectivity index (χ4n) is 4.91. The highest BCUT2D eigenvalue weighted by molar-refractivity contribution is 6.78. The Labute approximate surface area is 173 Å². The monoisotopic (exact) mass is 398 g/mol. The Balaban J connectivity index is 2.23. The number of ether oxygens (including phenoxy) is 2. The summed E-state index contributed by atoms with van der Waals surface area (Å²) in [6.07, 6.45) is 12.4. The van der Waals surface area contributed by atoms with Crippen LogP contribution in [0.5, 0.6) is 11.5 Å². The molecule has 0 saturated heterocycles. The zero-order valence-electron chi connectivity index (χ0n) is 19.1. The number of benzene rings is 1. The van der Waals surface area contributed by atoms with Gasteiger partial charge in [-0.25, -0.2) is 0 Å². The smallest absolute Gasteiger partial charge is 0.126 e. The van der Waals surface area contributed by atoms with E-state index in [0.717, 1.165) is 11.5 Å². The molecule has 1 unspecified atom stereocenters. The lowest BCUT2D eigenvalue weighted by atomic mass is 9.70. The third-order valence-electron chi connectivity index (χ3n) is 6.68. The third-order valence-corrected chi connectivity index (χ3v) is 9.04. The summed E-state index contributed by atoms with van der Waals surface area (Å²) in [6, 6.07) is 4.41.